The van der Waals surface area contributed by atoms with Gasteiger partial charge in [0.05, 0.1) is 0 Å². The number of para-hydroxylation sites is 1. The largest absolute Gasteiger partial charge is 0.399 e. The van der Waals surface area contributed by atoms with E-state index in [-0.39, 0.29) is 5.78 Å². The van der Waals surface area contributed by atoms with Gasteiger partial charge in [0.25, 0.3) is 0 Å². The number of rotatable bonds is 4. The van der Waals surface area contributed by atoms with Crippen LogP contribution in [0.4, 0.5) is 5.69 Å². The molecule has 0 bridgehead atoms. The van der Waals surface area contributed by atoms with Gasteiger partial charge in [0.1, 0.15) is 5.78 Å². The van der Waals surface area contributed by atoms with Crippen LogP contribution in [-0.4, -0.2) is 5.78 Å². The van der Waals surface area contributed by atoms with Gasteiger partial charge in [-0.15, -0.1) is 13.2 Å². The second-order valence-electron chi connectivity index (χ2n) is 2.93. The molecule has 1 aromatic rings. The predicted octanol–water partition coefficient (Wildman–Crippen LogP) is 2.98. The van der Waals surface area contributed by atoms with Crippen molar-refractivity contribution in [2.45, 2.75) is 12.8 Å². The van der Waals surface area contributed by atoms with E-state index in [9.17, 15) is 4.79 Å². The van der Waals surface area contributed by atoms with Crippen molar-refractivity contribution in [3.05, 3.63) is 55.6 Å². The van der Waals surface area contributed by atoms with Crippen LogP contribution in [0.5, 0.6) is 0 Å². The van der Waals surface area contributed by atoms with Gasteiger partial charge in [-0.3, -0.25) is 4.79 Å². The zero-order chi connectivity index (χ0) is 11.5. The summed E-state index contributed by atoms with van der Waals surface area (Å²) in [6.45, 7) is 6.86. The lowest BCUT2D eigenvalue weighted by Gasteiger charge is -1.85. The fourth-order valence-electron chi connectivity index (χ4n) is 0.858. The highest BCUT2D eigenvalue weighted by Gasteiger charge is 1.91. The van der Waals surface area contributed by atoms with Crippen molar-refractivity contribution in [2.24, 2.45) is 0 Å². The van der Waals surface area contributed by atoms with Gasteiger partial charge < -0.3 is 5.73 Å². The summed E-state index contributed by atoms with van der Waals surface area (Å²) >= 11 is 0. The van der Waals surface area contributed by atoms with E-state index in [0.29, 0.717) is 12.8 Å². The number of benzene rings is 1. The number of ketones is 1. The quantitative estimate of drug-likeness (QED) is 0.604. The summed E-state index contributed by atoms with van der Waals surface area (Å²) in [4.78, 5) is 10.5. The monoisotopic (exact) mass is 203 g/mol. The smallest absolute Gasteiger partial charge is 0.140 e. The summed E-state index contributed by atoms with van der Waals surface area (Å²) in [6, 6.07) is 9.49. The Morgan fingerprint density at radius 1 is 1.13 bits per heavy atom. The lowest BCUT2D eigenvalue weighted by Crippen LogP contribution is -1.90. The van der Waals surface area contributed by atoms with E-state index in [0.717, 1.165) is 5.69 Å². The molecule has 0 aliphatic heterocycles. The first-order valence-electron chi connectivity index (χ1n) is 4.74. The molecule has 15 heavy (non-hydrogen) atoms. The van der Waals surface area contributed by atoms with E-state index in [1.165, 1.54) is 0 Å². The average molecular weight is 203 g/mol. The summed E-state index contributed by atoms with van der Waals surface area (Å²) in [5, 5.41) is 0. The number of nitrogen functional groups attached to an aromatic ring is 1. The Labute approximate surface area is 91.1 Å². The number of carbonyl (C=O) groups is 1. The van der Waals surface area contributed by atoms with Crippen LogP contribution in [0.2, 0.25) is 0 Å². The van der Waals surface area contributed by atoms with Crippen molar-refractivity contribution >= 4 is 11.5 Å². The fraction of sp³-hybridized carbons (Fsp3) is 0.154. The summed E-state index contributed by atoms with van der Waals surface area (Å²) in [5.74, 6) is 0.176. The molecule has 0 heterocycles. The first kappa shape index (κ1) is 13.2. The molecular formula is C13H17NO. The maximum absolute atomic E-state index is 10.5. The minimum atomic E-state index is 0.176. The minimum absolute atomic E-state index is 0.176. The molecule has 0 saturated carbocycles. The van der Waals surface area contributed by atoms with Crippen LogP contribution in [0.25, 0.3) is 0 Å². The summed E-state index contributed by atoms with van der Waals surface area (Å²) < 4.78 is 0. The van der Waals surface area contributed by atoms with Crippen LogP contribution in [0.15, 0.2) is 55.6 Å². The molecule has 0 fully saturated rings. The molecule has 0 amide bonds. The molecule has 2 N–H and O–H groups in total. The second kappa shape index (κ2) is 8.75. The van der Waals surface area contributed by atoms with Crippen LogP contribution in [0.1, 0.15) is 12.8 Å². The third kappa shape index (κ3) is 8.50. The van der Waals surface area contributed by atoms with E-state index in [1.54, 1.807) is 12.2 Å². The Kier molecular flexibility index (Phi) is 7.69. The Morgan fingerprint density at radius 3 is 1.87 bits per heavy atom. The fourth-order valence-corrected chi connectivity index (χ4v) is 0.858. The zero-order valence-electron chi connectivity index (χ0n) is 8.86. The van der Waals surface area contributed by atoms with Gasteiger partial charge in [-0.05, 0) is 12.1 Å². The Bertz CT molecular complexity index is 292. The highest BCUT2D eigenvalue weighted by molar-refractivity contribution is 5.80. The van der Waals surface area contributed by atoms with Crippen molar-refractivity contribution in [1.29, 1.82) is 0 Å². The molecule has 0 aliphatic rings. The number of nitrogens with two attached hydrogens (primary N) is 1. The molecule has 80 valence electrons. The molecule has 2 heteroatoms. The van der Waals surface area contributed by atoms with Crippen molar-refractivity contribution < 1.29 is 4.79 Å². The standard InChI is InChI=1S/C7H10O.C6H7N/c1-3-5-7(8)6-4-2;7-6-4-2-1-3-5-6/h3-4H,1-2,5-6H2;1-5H,7H2. The van der Waals surface area contributed by atoms with Crippen LogP contribution in [-0.2, 0) is 4.79 Å². The van der Waals surface area contributed by atoms with Crippen LogP contribution >= 0.6 is 0 Å². The molecule has 1 rings (SSSR count). The van der Waals surface area contributed by atoms with Crippen LogP contribution < -0.4 is 5.73 Å². The first-order valence-corrected chi connectivity index (χ1v) is 4.74. The first-order chi connectivity index (χ1) is 7.20. The van der Waals surface area contributed by atoms with Gasteiger partial charge in [0.2, 0.25) is 0 Å². The number of anilines is 1. The van der Waals surface area contributed by atoms with Crippen molar-refractivity contribution in [1.82, 2.24) is 0 Å². The summed E-state index contributed by atoms with van der Waals surface area (Å²) in [6.07, 6.45) is 4.13. The number of carbonyl (C=O) groups excluding carboxylic acids is 1. The summed E-state index contributed by atoms with van der Waals surface area (Å²) in [7, 11) is 0. The van der Waals surface area contributed by atoms with Crippen LogP contribution in [0, 0.1) is 0 Å². The molecule has 2 nitrogen and oxygen atoms in total. The van der Waals surface area contributed by atoms with E-state index < -0.39 is 0 Å². The molecule has 1 aromatic carbocycles. The van der Waals surface area contributed by atoms with Gasteiger partial charge in [-0.1, -0.05) is 30.4 Å². The number of allylic oxidation sites excluding steroid dienone is 2. The van der Waals surface area contributed by atoms with E-state index in [4.69, 9.17) is 5.73 Å². The lowest BCUT2D eigenvalue weighted by atomic mass is 10.2. The Hall–Kier alpha value is -1.83. The normalized spacial score (nSPS) is 8.27. The van der Waals surface area contributed by atoms with E-state index in [1.807, 2.05) is 30.3 Å². The van der Waals surface area contributed by atoms with Crippen molar-refractivity contribution in [3.8, 4) is 0 Å². The van der Waals surface area contributed by atoms with E-state index in [2.05, 4.69) is 13.2 Å². The van der Waals surface area contributed by atoms with Crippen LogP contribution in [0.3, 0.4) is 0 Å². The number of Topliss-reactive ketones (excluding diaryl/α,β-unsaturated/α-hetero) is 1. The van der Waals surface area contributed by atoms with Gasteiger partial charge in [-0.2, -0.15) is 0 Å². The molecule has 0 unspecified atom stereocenters. The van der Waals surface area contributed by atoms with Gasteiger partial charge >= 0.3 is 0 Å². The third-order valence-electron chi connectivity index (χ3n) is 1.54. The molecule has 0 saturated heterocycles. The highest BCUT2D eigenvalue weighted by Crippen LogP contribution is 1.95. The predicted molar refractivity (Wildman–Crippen MR) is 65.5 cm³/mol. The number of hydrogen-bond donors (Lipinski definition) is 1. The molecular weight excluding hydrogens is 186 g/mol. The topological polar surface area (TPSA) is 43.1 Å². The Morgan fingerprint density at radius 2 is 1.60 bits per heavy atom. The second-order valence-corrected chi connectivity index (χ2v) is 2.93. The van der Waals surface area contributed by atoms with Crippen molar-refractivity contribution in [2.75, 3.05) is 5.73 Å². The SMILES string of the molecule is C=CCC(=O)CC=C.Nc1ccccc1. The molecule has 0 spiro atoms. The Balaban J connectivity index is 0.000000262. The third-order valence-corrected chi connectivity index (χ3v) is 1.54. The molecule has 0 radical (unpaired) electrons. The maximum Gasteiger partial charge on any atom is 0.140 e. The van der Waals surface area contributed by atoms with Gasteiger partial charge in [0.15, 0.2) is 0 Å². The zero-order valence-corrected chi connectivity index (χ0v) is 8.86. The highest BCUT2D eigenvalue weighted by atomic mass is 16.1. The van der Waals surface area contributed by atoms with Crippen molar-refractivity contribution in [3.63, 3.8) is 0 Å². The molecule has 0 aliphatic carbocycles. The molecule has 0 aromatic heterocycles. The number of hydrogen-bond acceptors (Lipinski definition) is 2. The van der Waals surface area contributed by atoms with Gasteiger partial charge in [-0.25, -0.2) is 0 Å². The minimum Gasteiger partial charge on any atom is -0.399 e. The summed E-state index contributed by atoms with van der Waals surface area (Å²) in [5.41, 5.74) is 6.18. The van der Waals surface area contributed by atoms with E-state index >= 15 is 0 Å². The lowest BCUT2D eigenvalue weighted by molar-refractivity contribution is -0.117. The van der Waals surface area contributed by atoms with Gasteiger partial charge in [0, 0.05) is 18.5 Å². The maximum atomic E-state index is 10.5. The molecule has 0 atom stereocenters. The average Bonchev–Trinajstić information content (AvgIpc) is 2.20.